The molecule has 1 aromatic carbocycles. The number of aromatic nitrogens is 2. The quantitative estimate of drug-likeness (QED) is 0.897. The molecule has 102 valence electrons. The fourth-order valence-corrected chi connectivity index (χ4v) is 2.11. The molecule has 0 fully saturated rings. The van der Waals surface area contributed by atoms with Crippen molar-refractivity contribution >= 4 is 5.69 Å². The molecular formula is C14H19N3O2. The third-order valence-corrected chi connectivity index (χ3v) is 3.04. The smallest absolute Gasteiger partial charge is 0.216 e. The van der Waals surface area contributed by atoms with Crippen LogP contribution in [0, 0.1) is 6.92 Å². The molecule has 0 aliphatic rings. The Morgan fingerprint density at radius 2 is 1.95 bits per heavy atom. The van der Waals surface area contributed by atoms with Crippen molar-refractivity contribution in [2.45, 2.75) is 13.5 Å². The predicted octanol–water partition coefficient (Wildman–Crippen LogP) is 2.36. The van der Waals surface area contributed by atoms with Gasteiger partial charge in [0, 0.05) is 13.6 Å². The van der Waals surface area contributed by atoms with Gasteiger partial charge in [0.15, 0.2) is 0 Å². The molecule has 5 nitrogen and oxygen atoms in total. The number of para-hydroxylation sites is 2. The van der Waals surface area contributed by atoms with Crippen LogP contribution in [0.3, 0.4) is 0 Å². The van der Waals surface area contributed by atoms with E-state index in [1.54, 1.807) is 18.9 Å². The zero-order valence-corrected chi connectivity index (χ0v) is 11.7. The molecule has 0 aliphatic heterocycles. The minimum absolute atomic E-state index is 0.642. The Hall–Kier alpha value is -2.17. The summed E-state index contributed by atoms with van der Waals surface area (Å²) in [5, 5.41) is 7.71. The summed E-state index contributed by atoms with van der Waals surface area (Å²) < 4.78 is 12.4. The molecular weight excluding hydrogens is 242 g/mol. The van der Waals surface area contributed by atoms with Gasteiger partial charge in [-0.15, -0.1) is 0 Å². The van der Waals surface area contributed by atoms with Gasteiger partial charge in [-0.25, -0.2) is 4.68 Å². The van der Waals surface area contributed by atoms with Crippen LogP contribution in [0.5, 0.6) is 11.6 Å². The fourth-order valence-electron chi connectivity index (χ4n) is 2.11. The van der Waals surface area contributed by atoms with E-state index in [1.807, 2.05) is 38.2 Å². The van der Waals surface area contributed by atoms with Crippen LogP contribution in [0.2, 0.25) is 0 Å². The first-order chi connectivity index (χ1) is 9.17. The monoisotopic (exact) mass is 261 g/mol. The lowest BCUT2D eigenvalue weighted by atomic mass is 10.2. The summed E-state index contributed by atoms with van der Waals surface area (Å²) in [5.41, 5.74) is 2.97. The van der Waals surface area contributed by atoms with Crippen molar-refractivity contribution in [1.82, 2.24) is 9.78 Å². The number of hydrogen-bond donors (Lipinski definition) is 1. The summed E-state index contributed by atoms with van der Waals surface area (Å²) >= 11 is 0. The van der Waals surface area contributed by atoms with Gasteiger partial charge >= 0.3 is 0 Å². The zero-order chi connectivity index (χ0) is 13.8. The second-order valence-corrected chi connectivity index (χ2v) is 4.25. The maximum Gasteiger partial charge on any atom is 0.216 e. The molecule has 5 heteroatoms. The summed E-state index contributed by atoms with van der Waals surface area (Å²) in [5.74, 6) is 1.60. The Morgan fingerprint density at radius 1 is 1.21 bits per heavy atom. The maximum atomic E-state index is 5.37. The van der Waals surface area contributed by atoms with Crippen molar-refractivity contribution in [1.29, 1.82) is 0 Å². The molecule has 0 unspecified atom stereocenters. The highest BCUT2D eigenvalue weighted by Crippen LogP contribution is 2.26. The predicted molar refractivity (Wildman–Crippen MR) is 74.8 cm³/mol. The molecule has 2 rings (SSSR count). The Bertz CT molecular complexity index is 564. The Balaban J connectivity index is 2.19. The molecule has 0 aliphatic carbocycles. The number of rotatable bonds is 5. The topological polar surface area (TPSA) is 48.3 Å². The van der Waals surface area contributed by atoms with Crippen LogP contribution in [0.25, 0.3) is 0 Å². The Morgan fingerprint density at radius 3 is 2.63 bits per heavy atom. The van der Waals surface area contributed by atoms with Gasteiger partial charge in [-0.2, -0.15) is 5.10 Å². The molecule has 0 saturated carbocycles. The number of benzene rings is 1. The van der Waals surface area contributed by atoms with Gasteiger partial charge in [-0.05, 0) is 19.1 Å². The van der Waals surface area contributed by atoms with Gasteiger partial charge in [-0.3, -0.25) is 0 Å². The van der Waals surface area contributed by atoms with E-state index in [0.717, 1.165) is 28.6 Å². The SMILES string of the molecule is COc1ccccc1NCc1c(C)nn(C)c1OC. The zero-order valence-electron chi connectivity index (χ0n) is 11.7. The number of ether oxygens (including phenoxy) is 2. The molecule has 1 N–H and O–H groups in total. The number of methoxy groups -OCH3 is 2. The normalized spacial score (nSPS) is 10.3. The lowest BCUT2D eigenvalue weighted by molar-refractivity contribution is 0.369. The first-order valence-corrected chi connectivity index (χ1v) is 6.10. The summed E-state index contributed by atoms with van der Waals surface area (Å²) in [6.07, 6.45) is 0. The number of hydrogen-bond acceptors (Lipinski definition) is 4. The van der Waals surface area contributed by atoms with Crippen LogP contribution in [0.15, 0.2) is 24.3 Å². The summed E-state index contributed by atoms with van der Waals surface area (Å²) in [6.45, 7) is 2.62. The van der Waals surface area contributed by atoms with Crippen molar-refractivity contribution in [2.24, 2.45) is 7.05 Å². The van der Waals surface area contributed by atoms with Crippen molar-refractivity contribution in [3.05, 3.63) is 35.5 Å². The molecule has 19 heavy (non-hydrogen) atoms. The molecule has 0 atom stereocenters. The average Bonchev–Trinajstić information content (AvgIpc) is 2.70. The Kier molecular flexibility index (Phi) is 3.94. The Labute approximate surface area is 113 Å². The summed E-state index contributed by atoms with van der Waals surface area (Å²) in [4.78, 5) is 0. The van der Waals surface area contributed by atoms with Crippen LogP contribution in [-0.2, 0) is 13.6 Å². The second-order valence-electron chi connectivity index (χ2n) is 4.25. The van der Waals surface area contributed by atoms with Crippen LogP contribution >= 0.6 is 0 Å². The van der Waals surface area contributed by atoms with Gasteiger partial charge in [0.05, 0.1) is 31.2 Å². The van der Waals surface area contributed by atoms with Crippen LogP contribution in [0.4, 0.5) is 5.69 Å². The number of nitrogens with one attached hydrogen (secondary N) is 1. The first kappa shape index (κ1) is 13.3. The van der Waals surface area contributed by atoms with E-state index in [0.29, 0.717) is 6.54 Å². The minimum Gasteiger partial charge on any atom is -0.495 e. The van der Waals surface area contributed by atoms with E-state index in [-0.39, 0.29) is 0 Å². The van der Waals surface area contributed by atoms with Crippen LogP contribution in [0.1, 0.15) is 11.3 Å². The van der Waals surface area contributed by atoms with Crippen LogP contribution in [-0.4, -0.2) is 24.0 Å². The van der Waals surface area contributed by atoms with Crippen molar-refractivity contribution in [3.63, 3.8) is 0 Å². The van der Waals surface area contributed by atoms with Crippen molar-refractivity contribution in [2.75, 3.05) is 19.5 Å². The first-order valence-electron chi connectivity index (χ1n) is 6.10. The average molecular weight is 261 g/mol. The lowest BCUT2D eigenvalue weighted by Gasteiger charge is -2.11. The standard InChI is InChI=1S/C14H19N3O2/c1-10-11(14(19-4)17(2)16-10)9-15-12-7-5-6-8-13(12)18-3/h5-8,15H,9H2,1-4H3. The van der Waals surface area contributed by atoms with E-state index < -0.39 is 0 Å². The number of anilines is 1. The van der Waals surface area contributed by atoms with Gasteiger partial charge in [0.2, 0.25) is 5.88 Å². The summed E-state index contributed by atoms with van der Waals surface area (Å²) in [7, 11) is 5.19. The van der Waals surface area contributed by atoms with E-state index in [4.69, 9.17) is 9.47 Å². The van der Waals surface area contributed by atoms with E-state index in [1.165, 1.54) is 0 Å². The molecule has 1 aromatic heterocycles. The van der Waals surface area contributed by atoms with E-state index >= 15 is 0 Å². The van der Waals surface area contributed by atoms with E-state index in [9.17, 15) is 0 Å². The minimum atomic E-state index is 0.642. The lowest BCUT2D eigenvalue weighted by Crippen LogP contribution is -2.04. The highest BCUT2D eigenvalue weighted by atomic mass is 16.5. The highest BCUT2D eigenvalue weighted by molar-refractivity contribution is 5.56. The summed E-state index contributed by atoms with van der Waals surface area (Å²) in [6, 6.07) is 7.82. The number of aryl methyl sites for hydroxylation is 2. The number of nitrogens with zero attached hydrogens (tertiary/aromatic N) is 2. The van der Waals surface area contributed by atoms with Crippen LogP contribution < -0.4 is 14.8 Å². The second kappa shape index (κ2) is 5.65. The van der Waals surface area contributed by atoms with Crippen molar-refractivity contribution in [3.8, 4) is 11.6 Å². The molecule has 0 radical (unpaired) electrons. The third kappa shape index (κ3) is 2.65. The molecule has 1 heterocycles. The maximum absolute atomic E-state index is 5.37. The van der Waals surface area contributed by atoms with Gasteiger partial charge in [0.25, 0.3) is 0 Å². The fraction of sp³-hybridized carbons (Fsp3) is 0.357. The largest absolute Gasteiger partial charge is 0.495 e. The molecule has 0 bridgehead atoms. The molecule has 2 aromatic rings. The van der Waals surface area contributed by atoms with Gasteiger partial charge in [-0.1, -0.05) is 12.1 Å². The van der Waals surface area contributed by atoms with Crippen molar-refractivity contribution < 1.29 is 9.47 Å². The molecule has 0 spiro atoms. The van der Waals surface area contributed by atoms with Gasteiger partial charge in [0.1, 0.15) is 5.75 Å². The molecule has 0 saturated heterocycles. The van der Waals surface area contributed by atoms with E-state index in [2.05, 4.69) is 10.4 Å². The van der Waals surface area contributed by atoms with Gasteiger partial charge < -0.3 is 14.8 Å². The third-order valence-electron chi connectivity index (χ3n) is 3.04. The molecule has 0 amide bonds. The highest BCUT2D eigenvalue weighted by Gasteiger charge is 2.13.